The average molecular weight is 366 g/mol. The number of hydrogen-bond donors (Lipinski definition) is 1. The maximum Gasteiger partial charge on any atom is 0.375 e. The van der Waals surface area contributed by atoms with Crippen molar-refractivity contribution in [2.24, 2.45) is 5.92 Å². The van der Waals surface area contributed by atoms with Crippen molar-refractivity contribution < 1.29 is 38.4 Å². The van der Waals surface area contributed by atoms with E-state index in [1.165, 1.54) is 19.1 Å². The second-order valence-electron chi connectivity index (χ2n) is 4.89. The summed E-state index contributed by atoms with van der Waals surface area (Å²) in [7, 11) is 1.71. The summed E-state index contributed by atoms with van der Waals surface area (Å²) in [5, 5.41) is 12.9. The Kier molecular flexibility index (Phi) is 6.64. The molecule has 0 aromatic heterocycles. The van der Waals surface area contributed by atoms with Crippen molar-refractivity contribution in [3.63, 3.8) is 0 Å². The van der Waals surface area contributed by atoms with Crippen LogP contribution in [0.15, 0.2) is 18.2 Å². The van der Waals surface area contributed by atoms with E-state index in [0.29, 0.717) is 5.56 Å². The van der Waals surface area contributed by atoms with Crippen LogP contribution in [0.2, 0.25) is 0 Å². The minimum Gasteiger partial charge on any atom is -0.468 e. The molecule has 1 aromatic rings. The first-order valence-electron chi connectivity index (χ1n) is 6.94. The van der Waals surface area contributed by atoms with E-state index in [0.717, 1.165) is 20.3 Å². The standard InChI is InChI=1S/C15H14N2O9/c1-7-4-5-8(17(23)24)6-9(7)16-13(20)11(18)10(14(21)25-2)12(19)15(22)26-3/h4-6,10H,1-3H3,(H,16,20)/t10-/m0/s1. The number of rotatable bonds is 7. The molecule has 0 aliphatic rings. The first kappa shape index (κ1) is 20.4. The summed E-state index contributed by atoms with van der Waals surface area (Å²) in [6.07, 6.45) is 0. The molecule has 0 heterocycles. The van der Waals surface area contributed by atoms with E-state index in [1.807, 2.05) is 0 Å². The highest BCUT2D eigenvalue weighted by Gasteiger charge is 2.42. The summed E-state index contributed by atoms with van der Waals surface area (Å²) in [4.78, 5) is 69.1. The minimum absolute atomic E-state index is 0.0771. The summed E-state index contributed by atoms with van der Waals surface area (Å²) in [6.45, 7) is 1.50. The van der Waals surface area contributed by atoms with Gasteiger partial charge < -0.3 is 14.8 Å². The predicted molar refractivity (Wildman–Crippen MR) is 84.0 cm³/mol. The molecule has 138 valence electrons. The van der Waals surface area contributed by atoms with Crippen LogP contribution in [0.25, 0.3) is 0 Å². The second-order valence-corrected chi connectivity index (χ2v) is 4.89. The Labute approximate surface area is 146 Å². The summed E-state index contributed by atoms with van der Waals surface area (Å²) < 4.78 is 8.41. The van der Waals surface area contributed by atoms with Gasteiger partial charge in [-0.25, -0.2) is 4.79 Å². The first-order chi connectivity index (χ1) is 12.1. The normalized spacial score (nSPS) is 11.0. The lowest BCUT2D eigenvalue weighted by Crippen LogP contribution is -2.42. The molecule has 0 unspecified atom stereocenters. The van der Waals surface area contributed by atoms with Crippen LogP contribution < -0.4 is 5.32 Å². The van der Waals surface area contributed by atoms with Gasteiger partial charge in [0, 0.05) is 12.1 Å². The highest BCUT2D eigenvalue weighted by atomic mass is 16.6. The molecule has 11 heteroatoms. The van der Waals surface area contributed by atoms with Crippen LogP contribution in [0.5, 0.6) is 0 Å². The molecule has 11 nitrogen and oxygen atoms in total. The lowest BCUT2D eigenvalue weighted by molar-refractivity contribution is -0.384. The molecule has 1 rings (SSSR count). The van der Waals surface area contributed by atoms with Gasteiger partial charge in [0.05, 0.1) is 24.8 Å². The van der Waals surface area contributed by atoms with Crippen molar-refractivity contribution in [1.29, 1.82) is 0 Å². The number of non-ortho nitro benzene ring substituents is 1. The number of ether oxygens (including phenoxy) is 2. The number of ketones is 2. The second kappa shape index (κ2) is 8.46. The van der Waals surface area contributed by atoms with Crippen LogP contribution in [0.4, 0.5) is 11.4 Å². The maximum atomic E-state index is 12.2. The van der Waals surface area contributed by atoms with Crippen molar-refractivity contribution >= 4 is 40.8 Å². The molecule has 0 aliphatic heterocycles. The number of carbonyl (C=O) groups excluding carboxylic acids is 5. The van der Waals surface area contributed by atoms with Gasteiger partial charge >= 0.3 is 11.9 Å². The highest BCUT2D eigenvalue weighted by molar-refractivity contribution is 6.54. The Hall–Kier alpha value is -3.63. The summed E-state index contributed by atoms with van der Waals surface area (Å²) in [5.74, 6) is -9.84. The quantitative estimate of drug-likeness (QED) is 0.229. The van der Waals surface area contributed by atoms with Crippen LogP contribution in [0.3, 0.4) is 0 Å². The average Bonchev–Trinajstić information content (AvgIpc) is 2.61. The number of benzene rings is 1. The predicted octanol–water partition coefficient (Wildman–Crippen LogP) is -0.0579. The van der Waals surface area contributed by atoms with E-state index in [4.69, 9.17) is 0 Å². The summed E-state index contributed by atoms with van der Waals surface area (Å²) in [6, 6.07) is 3.51. The van der Waals surface area contributed by atoms with Gasteiger partial charge in [-0.1, -0.05) is 6.07 Å². The number of nitro groups is 1. The number of nitro benzene ring substituents is 1. The molecule has 1 N–H and O–H groups in total. The van der Waals surface area contributed by atoms with Gasteiger partial charge in [0.25, 0.3) is 17.4 Å². The van der Waals surface area contributed by atoms with Crippen LogP contribution >= 0.6 is 0 Å². The van der Waals surface area contributed by atoms with Crippen LogP contribution in [-0.4, -0.2) is 48.6 Å². The fourth-order valence-corrected chi connectivity index (χ4v) is 1.84. The van der Waals surface area contributed by atoms with Gasteiger partial charge in [0.1, 0.15) is 0 Å². The Bertz CT molecular complexity index is 800. The SMILES string of the molecule is COC(=O)C(=O)[C@@H](C(=O)OC)C(=O)C(=O)Nc1cc([N+](=O)[O-])ccc1C. The molecule has 0 saturated heterocycles. The summed E-state index contributed by atoms with van der Waals surface area (Å²) >= 11 is 0. The van der Waals surface area contributed by atoms with Gasteiger partial charge in [-0.2, -0.15) is 0 Å². The molecule has 1 aromatic carbocycles. The Morgan fingerprint density at radius 3 is 2.19 bits per heavy atom. The molecule has 0 saturated carbocycles. The third-order valence-corrected chi connectivity index (χ3v) is 3.25. The highest BCUT2D eigenvalue weighted by Crippen LogP contribution is 2.22. The van der Waals surface area contributed by atoms with E-state index in [2.05, 4.69) is 14.8 Å². The van der Waals surface area contributed by atoms with Crippen LogP contribution in [0.1, 0.15) is 5.56 Å². The van der Waals surface area contributed by atoms with E-state index in [-0.39, 0.29) is 11.4 Å². The summed E-state index contributed by atoms with van der Waals surface area (Å²) in [5.41, 5.74) is -0.0501. The van der Waals surface area contributed by atoms with E-state index in [9.17, 15) is 34.1 Å². The van der Waals surface area contributed by atoms with Gasteiger partial charge in [0.2, 0.25) is 5.78 Å². The number of methoxy groups -OCH3 is 2. The van der Waals surface area contributed by atoms with Crippen molar-refractivity contribution in [3.8, 4) is 0 Å². The number of carbonyl (C=O) groups is 5. The number of aryl methyl sites for hydroxylation is 1. The zero-order valence-corrected chi connectivity index (χ0v) is 13.9. The molecule has 0 bridgehead atoms. The molecular formula is C15H14N2O9. The lowest BCUT2D eigenvalue weighted by Gasteiger charge is -2.12. The van der Waals surface area contributed by atoms with Gasteiger partial charge in [-0.05, 0) is 12.5 Å². The van der Waals surface area contributed by atoms with E-state index < -0.39 is 40.3 Å². The Morgan fingerprint density at radius 2 is 1.69 bits per heavy atom. The number of esters is 2. The number of amides is 1. The van der Waals surface area contributed by atoms with Crippen LogP contribution in [0, 0.1) is 23.0 Å². The van der Waals surface area contributed by atoms with Crippen molar-refractivity contribution in [2.45, 2.75) is 6.92 Å². The van der Waals surface area contributed by atoms with Crippen molar-refractivity contribution in [2.75, 3.05) is 19.5 Å². The van der Waals surface area contributed by atoms with Crippen molar-refractivity contribution in [3.05, 3.63) is 33.9 Å². The molecule has 1 atom stereocenters. The minimum atomic E-state index is -2.34. The maximum absolute atomic E-state index is 12.2. The zero-order valence-electron chi connectivity index (χ0n) is 13.9. The Balaban J connectivity index is 3.14. The van der Waals surface area contributed by atoms with E-state index >= 15 is 0 Å². The molecular weight excluding hydrogens is 352 g/mol. The molecule has 26 heavy (non-hydrogen) atoms. The van der Waals surface area contributed by atoms with Crippen molar-refractivity contribution in [1.82, 2.24) is 0 Å². The molecule has 0 spiro atoms. The van der Waals surface area contributed by atoms with Crippen LogP contribution in [-0.2, 0) is 33.4 Å². The Morgan fingerprint density at radius 1 is 1.08 bits per heavy atom. The van der Waals surface area contributed by atoms with Gasteiger partial charge in [-0.15, -0.1) is 0 Å². The zero-order chi connectivity index (χ0) is 20.0. The third-order valence-electron chi connectivity index (χ3n) is 3.25. The van der Waals surface area contributed by atoms with Gasteiger partial charge in [-0.3, -0.25) is 29.3 Å². The number of nitrogens with one attached hydrogen (secondary N) is 1. The first-order valence-corrected chi connectivity index (χ1v) is 6.94. The topological polar surface area (TPSA) is 159 Å². The third kappa shape index (κ3) is 4.47. The fraction of sp³-hybridized carbons (Fsp3) is 0.267. The number of anilines is 1. The molecule has 1 amide bonds. The fourth-order valence-electron chi connectivity index (χ4n) is 1.84. The molecule has 0 fully saturated rings. The molecule has 0 radical (unpaired) electrons. The molecule has 0 aliphatic carbocycles. The van der Waals surface area contributed by atoms with Gasteiger partial charge in [0.15, 0.2) is 5.92 Å². The van der Waals surface area contributed by atoms with E-state index in [1.54, 1.807) is 0 Å². The number of Topliss-reactive ketones (excluding diaryl/α,β-unsaturated/α-hetero) is 2. The largest absolute Gasteiger partial charge is 0.468 e. The number of nitrogens with zero attached hydrogens (tertiary/aromatic N) is 1. The smallest absolute Gasteiger partial charge is 0.375 e. The number of hydrogen-bond acceptors (Lipinski definition) is 9. The lowest BCUT2D eigenvalue weighted by atomic mass is 9.98. The monoisotopic (exact) mass is 366 g/mol.